The zero-order chi connectivity index (χ0) is 8.32. The zero-order valence-corrected chi connectivity index (χ0v) is 7.01. The fourth-order valence-electron chi connectivity index (χ4n) is 1.91. The van der Waals surface area contributed by atoms with Crippen LogP contribution in [0.5, 0.6) is 0 Å². The molecule has 0 heterocycles. The molecular formula is C8H17NO2. The first-order valence-electron chi connectivity index (χ1n) is 4.16. The summed E-state index contributed by atoms with van der Waals surface area (Å²) in [6, 6.07) is 0. The third-order valence-corrected chi connectivity index (χ3v) is 2.56. The van der Waals surface area contributed by atoms with Gasteiger partial charge in [-0.25, -0.2) is 0 Å². The molecule has 0 aliphatic heterocycles. The minimum atomic E-state index is -0.199. The molecule has 1 aliphatic rings. The van der Waals surface area contributed by atoms with Crippen LogP contribution in [0.15, 0.2) is 0 Å². The summed E-state index contributed by atoms with van der Waals surface area (Å²) in [6.07, 6.45) is 2.31. The lowest BCUT2D eigenvalue weighted by Gasteiger charge is -2.25. The predicted molar refractivity (Wildman–Crippen MR) is 43.3 cm³/mol. The lowest BCUT2D eigenvalue weighted by atomic mass is 9.87. The molecule has 0 aromatic carbocycles. The quantitative estimate of drug-likeness (QED) is 0.531. The maximum absolute atomic E-state index is 9.28. The highest BCUT2D eigenvalue weighted by Gasteiger charge is 2.37. The van der Waals surface area contributed by atoms with Gasteiger partial charge in [0.2, 0.25) is 0 Å². The Morgan fingerprint density at radius 3 is 2.73 bits per heavy atom. The molecule has 0 bridgehead atoms. The number of aliphatic hydroxyl groups excluding tert-OH is 2. The first-order valence-corrected chi connectivity index (χ1v) is 4.16. The summed E-state index contributed by atoms with van der Waals surface area (Å²) < 4.78 is 0. The Balaban J connectivity index is 2.48. The maximum atomic E-state index is 9.28. The largest absolute Gasteiger partial charge is 0.396 e. The standard InChI is InChI=1S/C8H17NO2/c1-9-5-8(6-10)3-2-7(11)4-8/h7,9-11H,2-6H2,1H3. The molecule has 11 heavy (non-hydrogen) atoms. The third-order valence-electron chi connectivity index (χ3n) is 2.56. The molecule has 1 saturated carbocycles. The van der Waals surface area contributed by atoms with Crippen molar-refractivity contribution in [2.45, 2.75) is 25.4 Å². The molecule has 1 rings (SSSR count). The molecule has 1 fully saturated rings. The van der Waals surface area contributed by atoms with Crippen molar-refractivity contribution >= 4 is 0 Å². The summed E-state index contributed by atoms with van der Waals surface area (Å²) in [5, 5.41) is 21.4. The zero-order valence-electron chi connectivity index (χ0n) is 7.01. The molecule has 3 N–H and O–H groups in total. The first kappa shape index (κ1) is 8.97. The Labute approximate surface area is 67.4 Å². The second-order valence-corrected chi connectivity index (χ2v) is 3.59. The maximum Gasteiger partial charge on any atom is 0.0547 e. The SMILES string of the molecule is CNCC1(CO)CCC(O)C1. The summed E-state index contributed by atoms with van der Waals surface area (Å²) in [7, 11) is 1.88. The van der Waals surface area contributed by atoms with Gasteiger partial charge in [0.05, 0.1) is 12.7 Å². The summed E-state index contributed by atoms with van der Waals surface area (Å²) in [6.45, 7) is 0.992. The summed E-state index contributed by atoms with van der Waals surface area (Å²) >= 11 is 0. The second kappa shape index (κ2) is 3.52. The Morgan fingerprint density at radius 2 is 2.36 bits per heavy atom. The van der Waals surface area contributed by atoms with Gasteiger partial charge in [-0.2, -0.15) is 0 Å². The number of rotatable bonds is 3. The van der Waals surface area contributed by atoms with Crippen molar-refractivity contribution in [1.29, 1.82) is 0 Å². The van der Waals surface area contributed by atoms with Crippen LogP contribution in [0.3, 0.4) is 0 Å². The lowest BCUT2D eigenvalue weighted by molar-refractivity contribution is 0.103. The van der Waals surface area contributed by atoms with Gasteiger partial charge in [-0.15, -0.1) is 0 Å². The van der Waals surface area contributed by atoms with E-state index in [0.717, 1.165) is 25.8 Å². The van der Waals surface area contributed by atoms with E-state index in [9.17, 15) is 5.11 Å². The predicted octanol–water partition coefficient (Wildman–Crippen LogP) is -0.271. The van der Waals surface area contributed by atoms with Crippen molar-refractivity contribution in [2.75, 3.05) is 20.2 Å². The van der Waals surface area contributed by atoms with E-state index >= 15 is 0 Å². The molecule has 0 saturated heterocycles. The van der Waals surface area contributed by atoms with Gasteiger partial charge >= 0.3 is 0 Å². The molecule has 3 nitrogen and oxygen atoms in total. The van der Waals surface area contributed by atoms with Crippen LogP contribution in [-0.4, -0.2) is 36.5 Å². The number of hydrogen-bond acceptors (Lipinski definition) is 3. The van der Waals surface area contributed by atoms with E-state index in [1.807, 2.05) is 7.05 Å². The number of nitrogens with one attached hydrogen (secondary N) is 1. The van der Waals surface area contributed by atoms with Crippen molar-refractivity contribution in [3.63, 3.8) is 0 Å². The average molecular weight is 159 g/mol. The lowest BCUT2D eigenvalue weighted by Crippen LogP contribution is -2.34. The molecule has 0 aromatic rings. The Morgan fingerprint density at radius 1 is 1.64 bits per heavy atom. The molecule has 2 unspecified atom stereocenters. The van der Waals surface area contributed by atoms with E-state index in [1.165, 1.54) is 0 Å². The Bertz CT molecular complexity index is 125. The normalized spacial score (nSPS) is 37.9. The summed E-state index contributed by atoms with van der Waals surface area (Å²) in [4.78, 5) is 0. The van der Waals surface area contributed by atoms with E-state index in [1.54, 1.807) is 0 Å². The Kier molecular flexibility index (Phi) is 2.87. The monoisotopic (exact) mass is 159 g/mol. The highest BCUT2D eigenvalue weighted by Crippen LogP contribution is 2.36. The molecule has 0 radical (unpaired) electrons. The van der Waals surface area contributed by atoms with Gasteiger partial charge in [-0.1, -0.05) is 0 Å². The van der Waals surface area contributed by atoms with Gasteiger partial charge in [0, 0.05) is 12.0 Å². The van der Waals surface area contributed by atoms with Crippen LogP contribution in [-0.2, 0) is 0 Å². The van der Waals surface area contributed by atoms with E-state index in [2.05, 4.69) is 5.32 Å². The molecule has 1 aliphatic carbocycles. The van der Waals surface area contributed by atoms with Crippen LogP contribution in [0.25, 0.3) is 0 Å². The van der Waals surface area contributed by atoms with Gasteiger partial charge < -0.3 is 15.5 Å². The van der Waals surface area contributed by atoms with Crippen molar-refractivity contribution in [3.8, 4) is 0 Å². The second-order valence-electron chi connectivity index (χ2n) is 3.59. The molecule has 3 heteroatoms. The van der Waals surface area contributed by atoms with Crippen LogP contribution in [0.4, 0.5) is 0 Å². The number of hydrogen-bond donors (Lipinski definition) is 3. The van der Waals surface area contributed by atoms with Crippen molar-refractivity contribution in [1.82, 2.24) is 5.32 Å². The van der Waals surface area contributed by atoms with Crippen LogP contribution < -0.4 is 5.32 Å². The minimum absolute atomic E-state index is 0.0475. The van der Waals surface area contributed by atoms with E-state index in [0.29, 0.717) is 0 Å². The molecule has 66 valence electrons. The first-order chi connectivity index (χ1) is 5.22. The van der Waals surface area contributed by atoms with Crippen molar-refractivity contribution in [2.24, 2.45) is 5.41 Å². The van der Waals surface area contributed by atoms with E-state index in [4.69, 9.17) is 5.11 Å². The van der Waals surface area contributed by atoms with Gasteiger partial charge in [-0.3, -0.25) is 0 Å². The highest BCUT2D eigenvalue weighted by atomic mass is 16.3. The Hall–Kier alpha value is -0.120. The van der Waals surface area contributed by atoms with Crippen LogP contribution in [0.1, 0.15) is 19.3 Å². The fraction of sp³-hybridized carbons (Fsp3) is 1.00. The van der Waals surface area contributed by atoms with Gasteiger partial charge in [0.15, 0.2) is 0 Å². The van der Waals surface area contributed by atoms with Crippen molar-refractivity contribution < 1.29 is 10.2 Å². The highest BCUT2D eigenvalue weighted by molar-refractivity contribution is 4.89. The van der Waals surface area contributed by atoms with E-state index < -0.39 is 0 Å². The van der Waals surface area contributed by atoms with E-state index in [-0.39, 0.29) is 18.1 Å². The topological polar surface area (TPSA) is 52.5 Å². The van der Waals surface area contributed by atoms with Crippen LogP contribution in [0.2, 0.25) is 0 Å². The van der Waals surface area contributed by atoms with Crippen molar-refractivity contribution in [3.05, 3.63) is 0 Å². The summed E-state index contributed by atoms with van der Waals surface area (Å²) in [5.74, 6) is 0. The van der Waals surface area contributed by atoms with Crippen LogP contribution >= 0.6 is 0 Å². The molecule has 0 aromatic heterocycles. The smallest absolute Gasteiger partial charge is 0.0547 e. The van der Waals surface area contributed by atoms with Gasteiger partial charge in [0.1, 0.15) is 0 Å². The molecule has 2 atom stereocenters. The van der Waals surface area contributed by atoms with Crippen LogP contribution in [0, 0.1) is 5.41 Å². The average Bonchev–Trinajstić information content (AvgIpc) is 2.34. The number of aliphatic hydroxyl groups is 2. The van der Waals surface area contributed by atoms with Gasteiger partial charge in [0.25, 0.3) is 0 Å². The van der Waals surface area contributed by atoms with Gasteiger partial charge in [-0.05, 0) is 26.3 Å². The molecular weight excluding hydrogens is 142 g/mol. The third kappa shape index (κ3) is 1.92. The molecule has 0 spiro atoms. The minimum Gasteiger partial charge on any atom is -0.396 e. The summed E-state index contributed by atoms with van der Waals surface area (Å²) in [5.41, 5.74) is -0.0475. The fourth-order valence-corrected chi connectivity index (χ4v) is 1.91. The molecule has 0 amide bonds.